The lowest BCUT2D eigenvalue weighted by Crippen LogP contribution is -2.39. The lowest BCUT2D eigenvalue weighted by Gasteiger charge is -2.21. The fraction of sp³-hybridized carbons (Fsp3) is 0.615. The summed E-state index contributed by atoms with van der Waals surface area (Å²) in [5.74, 6) is 0.109. The number of hydrogen-bond acceptors (Lipinski definition) is 4. The molecule has 0 aromatic carbocycles. The first-order chi connectivity index (χ1) is 9.08. The summed E-state index contributed by atoms with van der Waals surface area (Å²) in [6, 6.07) is 0. The van der Waals surface area contributed by atoms with Crippen molar-refractivity contribution in [3.63, 3.8) is 0 Å². The standard InChI is InChI=1S/C13H19N3O2S/c1-10-11(19-9-14-10)5-7-15(2)13(18)8-16-6-3-4-12(16)17/h9H,3-8H2,1-2H3. The van der Waals surface area contributed by atoms with Crippen LogP contribution < -0.4 is 0 Å². The van der Waals surface area contributed by atoms with E-state index < -0.39 is 0 Å². The molecule has 1 aromatic rings. The Kier molecular flexibility index (Phi) is 4.52. The van der Waals surface area contributed by atoms with E-state index in [-0.39, 0.29) is 18.4 Å². The van der Waals surface area contributed by atoms with Crippen molar-refractivity contribution >= 4 is 23.2 Å². The monoisotopic (exact) mass is 281 g/mol. The van der Waals surface area contributed by atoms with E-state index in [1.54, 1.807) is 28.2 Å². The molecule has 104 valence electrons. The van der Waals surface area contributed by atoms with Crippen LogP contribution in [0.2, 0.25) is 0 Å². The van der Waals surface area contributed by atoms with Crippen LogP contribution in [0.4, 0.5) is 0 Å². The second-order valence-electron chi connectivity index (χ2n) is 4.85. The van der Waals surface area contributed by atoms with Crippen LogP contribution in [-0.2, 0) is 16.0 Å². The minimum Gasteiger partial charge on any atom is -0.344 e. The van der Waals surface area contributed by atoms with Gasteiger partial charge in [0, 0.05) is 37.9 Å². The van der Waals surface area contributed by atoms with Gasteiger partial charge in [0.1, 0.15) is 0 Å². The molecular formula is C13H19N3O2S. The van der Waals surface area contributed by atoms with E-state index in [2.05, 4.69) is 4.98 Å². The highest BCUT2D eigenvalue weighted by atomic mass is 32.1. The SMILES string of the molecule is Cc1ncsc1CCN(C)C(=O)CN1CCCC1=O. The van der Waals surface area contributed by atoms with E-state index in [9.17, 15) is 9.59 Å². The molecule has 2 heterocycles. The van der Waals surface area contributed by atoms with Crippen LogP contribution in [0.1, 0.15) is 23.4 Å². The maximum atomic E-state index is 12.0. The topological polar surface area (TPSA) is 53.5 Å². The van der Waals surface area contributed by atoms with Gasteiger partial charge in [-0.25, -0.2) is 4.98 Å². The Morgan fingerprint density at radius 1 is 1.58 bits per heavy atom. The molecule has 0 saturated carbocycles. The highest BCUT2D eigenvalue weighted by Crippen LogP contribution is 2.13. The van der Waals surface area contributed by atoms with Crippen molar-refractivity contribution in [1.29, 1.82) is 0 Å². The molecule has 0 bridgehead atoms. The summed E-state index contributed by atoms with van der Waals surface area (Å²) in [4.78, 5) is 32.2. The van der Waals surface area contributed by atoms with Crippen molar-refractivity contribution in [3.8, 4) is 0 Å². The van der Waals surface area contributed by atoms with Gasteiger partial charge < -0.3 is 9.80 Å². The fourth-order valence-corrected chi connectivity index (χ4v) is 2.89. The second-order valence-corrected chi connectivity index (χ2v) is 5.78. The van der Waals surface area contributed by atoms with Gasteiger partial charge in [-0.05, 0) is 13.3 Å². The maximum Gasteiger partial charge on any atom is 0.241 e. The molecule has 1 aliphatic rings. The Hall–Kier alpha value is -1.43. The smallest absolute Gasteiger partial charge is 0.241 e. The number of aryl methyl sites for hydroxylation is 1. The van der Waals surface area contributed by atoms with Crippen LogP contribution in [0.25, 0.3) is 0 Å². The Morgan fingerprint density at radius 2 is 2.37 bits per heavy atom. The van der Waals surface area contributed by atoms with Crippen molar-refractivity contribution in [2.24, 2.45) is 0 Å². The van der Waals surface area contributed by atoms with Crippen LogP contribution in [-0.4, -0.2) is 53.3 Å². The summed E-state index contributed by atoms with van der Waals surface area (Å²) in [5.41, 5.74) is 2.87. The number of likely N-dealkylation sites (N-methyl/N-ethyl adjacent to an activating group) is 1. The second kappa shape index (κ2) is 6.14. The Bertz CT molecular complexity index is 472. The Balaban J connectivity index is 1.79. The quantitative estimate of drug-likeness (QED) is 0.811. The summed E-state index contributed by atoms with van der Waals surface area (Å²) < 4.78 is 0. The van der Waals surface area contributed by atoms with E-state index >= 15 is 0 Å². The first-order valence-corrected chi connectivity index (χ1v) is 7.36. The van der Waals surface area contributed by atoms with Crippen LogP contribution in [0.5, 0.6) is 0 Å². The zero-order chi connectivity index (χ0) is 13.8. The van der Waals surface area contributed by atoms with E-state index in [1.807, 2.05) is 12.4 Å². The molecule has 1 fully saturated rings. The van der Waals surface area contributed by atoms with Gasteiger partial charge in [0.25, 0.3) is 0 Å². The van der Waals surface area contributed by atoms with Crippen molar-refractivity contribution in [2.75, 3.05) is 26.7 Å². The highest BCUT2D eigenvalue weighted by molar-refractivity contribution is 7.09. The summed E-state index contributed by atoms with van der Waals surface area (Å²) in [5, 5.41) is 0. The zero-order valence-electron chi connectivity index (χ0n) is 11.4. The van der Waals surface area contributed by atoms with E-state index in [0.717, 1.165) is 18.5 Å². The predicted octanol–water partition coefficient (Wildman–Crippen LogP) is 1.07. The van der Waals surface area contributed by atoms with Crippen molar-refractivity contribution in [2.45, 2.75) is 26.2 Å². The van der Waals surface area contributed by atoms with Gasteiger partial charge in [-0.2, -0.15) is 0 Å². The number of thiazole rings is 1. The van der Waals surface area contributed by atoms with Crippen molar-refractivity contribution in [1.82, 2.24) is 14.8 Å². The molecule has 2 rings (SSSR count). The number of amides is 2. The highest BCUT2D eigenvalue weighted by Gasteiger charge is 2.23. The molecule has 1 aromatic heterocycles. The van der Waals surface area contributed by atoms with E-state index in [1.165, 1.54) is 4.88 Å². The average Bonchev–Trinajstić information content (AvgIpc) is 2.96. The van der Waals surface area contributed by atoms with Gasteiger partial charge in [-0.1, -0.05) is 0 Å². The largest absolute Gasteiger partial charge is 0.344 e. The molecule has 0 aliphatic carbocycles. The number of carbonyl (C=O) groups is 2. The summed E-state index contributed by atoms with van der Waals surface area (Å²) >= 11 is 1.62. The van der Waals surface area contributed by atoms with Crippen LogP contribution in [0, 0.1) is 6.92 Å². The van der Waals surface area contributed by atoms with Crippen molar-refractivity contribution < 1.29 is 9.59 Å². The molecule has 0 radical (unpaired) electrons. The van der Waals surface area contributed by atoms with Gasteiger partial charge >= 0.3 is 0 Å². The molecule has 6 heteroatoms. The van der Waals surface area contributed by atoms with Gasteiger partial charge in [0.15, 0.2) is 0 Å². The van der Waals surface area contributed by atoms with Crippen LogP contribution in [0.15, 0.2) is 5.51 Å². The molecule has 19 heavy (non-hydrogen) atoms. The first kappa shape index (κ1) is 14.0. The number of likely N-dealkylation sites (tertiary alicyclic amines) is 1. The van der Waals surface area contributed by atoms with Gasteiger partial charge in [0.05, 0.1) is 17.7 Å². The number of carbonyl (C=O) groups excluding carboxylic acids is 2. The number of rotatable bonds is 5. The maximum absolute atomic E-state index is 12.0. The molecule has 0 unspecified atom stereocenters. The lowest BCUT2D eigenvalue weighted by molar-refractivity contribution is -0.137. The molecule has 0 spiro atoms. The molecule has 5 nitrogen and oxygen atoms in total. The minimum absolute atomic E-state index is 0.0115. The summed E-state index contributed by atoms with van der Waals surface area (Å²) in [7, 11) is 1.79. The number of aromatic nitrogens is 1. The van der Waals surface area contributed by atoms with Crippen molar-refractivity contribution in [3.05, 3.63) is 16.1 Å². The van der Waals surface area contributed by atoms with Crippen LogP contribution in [0.3, 0.4) is 0 Å². The number of hydrogen-bond donors (Lipinski definition) is 0. The van der Waals surface area contributed by atoms with E-state index in [4.69, 9.17) is 0 Å². The minimum atomic E-state index is 0.0115. The summed E-state index contributed by atoms with van der Waals surface area (Å²) in [6.07, 6.45) is 2.28. The number of nitrogens with zero attached hydrogens (tertiary/aromatic N) is 3. The molecule has 1 aliphatic heterocycles. The fourth-order valence-electron chi connectivity index (χ4n) is 2.12. The Labute approximate surface area is 117 Å². The van der Waals surface area contributed by atoms with E-state index in [0.29, 0.717) is 19.5 Å². The first-order valence-electron chi connectivity index (χ1n) is 6.48. The molecule has 1 saturated heterocycles. The molecular weight excluding hydrogens is 262 g/mol. The van der Waals surface area contributed by atoms with Gasteiger partial charge in [0.2, 0.25) is 11.8 Å². The third-order valence-electron chi connectivity index (χ3n) is 3.44. The lowest BCUT2D eigenvalue weighted by atomic mass is 10.3. The van der Waals surface area contributed by atoms with Gasteiger partial charge in [-0.3, -0.25) is 9.59 Å². The molecule has 0 N–H and O–H groups in total. The van der Waals surface area contributed by atoms with Gasteiger partial charge in [-0.15, -0.1) is 11.3 Å². The zero-order valence-corrected chi connectivity index (χ0v) is 12.2. The summed E-state index contributed by atoms with van der Waals surface area (Å²) in [6.45, 7) is 3.59. The average molecular weight is 281 g/mol. The molecule has 2 amide bonds. The normalized spacial score (nSPS) is 15.1. The third-order valence-corrected chi connectivity index (χ3v) is 4.44. The molecule has 0 atom stereocenters. The van der Waals surface area contributed by atoms with Crippen LogP contribution >= 0.6 is 11.3 Å². The predicted molar refractivity (Wildman–Crippen MR) is 74.0 cm³/mol. The Morgan fingerprint density at radius 3 is 2.95 bits per heavy atom. The third kappa shape index (κ3) is 3.53.